The average Bonchev–Trinajstić information content (AvgIpc) is 2.18. The predicted octanol–water partition coefficient (Wildman–Crippen LogP) is 0.0923. The van der Waals surface area contributed by atoms with Crippen LogP contribution in [-0.4, -0.2) is 38.7 Å². The Labute approximate surface area is 83.8 Å². The number of hydrogen-bond acceptors (Lipinski definition) is 4. The molecule has 0 saturated heterocycles. The van der Waals surface area contributed by atoms with Crippen LogP contribution < -0.4 is 5.32 Å². The molecule has 5 heteroatoms. The average molecular weight is 203 g/mol. The van der Waals surface area contributed by atoms with Crippen LogP contribution in [0.3, 0.4) is 0 Å². The Hall–Kier alpha value is -1.10. The number of rotatable bonds is 7. The zero-order valence-corrected chi connectivity index (χ0v) is 8.67. The lowest BCUT2D eigenvalue weighted by Crippen LogP contribution is -2.27. The third kappa shape index (κ3) is 7.54. The minimum atomic E-state index is -0.324. The van der Waals surface area contributed by atoms with E-state index in [0.717, 1.165) is 0 Å². The van der Waals surface area contributed by atoms with Gasteiger partial charge in [-0.3, -0.25) is 9.59 Å². The fourth-order valence-corrected chi connectivity index (χ4v) is 0.804. The lowest BCUT2D eigenvalue weighted by molar-refractivity contribution is -0.140. The van der Waals surface area contributed by atoms with Crippen molar-refractivity contribution in [3.05, 3.63) is 0 Å². The molecule has 0 spiro atoms. The first-order valence-corrected chi connectivity index (χ1v) is 4.62. The van der Waals surface area contributed by atoms with Gasteiger partial charge < -0.3 is 14.8 Å². The molecular weight excluding hydrogens is 186 g/mol. The van der Waals surface area contributed by atoms with Crippen LogP contribution in [0.4, 0.5) is 0 Å². The Morgan fingerprint density at radius 3 is 2.57 bits per heavy atom. The van der Waals surface area contributed by atoms with Gasteiger partial charge >= 0.3 is 5.97 Å². The van der Waals surface area contributed by atoms with Gasteiger partial charge in [0.2, 0.25) is 5.91 Å². The zero-order valence-electron chi connectivity index (χ0n) is 8.67. The van der Waals surface area contributed by atoms with Gasteiger partial charge in [-0.15, -0.1) is 0 Å². The van der Waals surface area contributed by atoms with Crippen LogP contribution in [0.15, 0.2) is 0 Å². The number of amides is 1. The molecule has 0 fully saturated rings. The Kier molecular flexibility index (Phi) is 7.83. The van der Waals surface area contributed by atoms with E-state index < -0.39 is 0 Å². The van der Waals surface area contributed by atoms with E-state index in [2.05, 4.69) is 10.1 Å². The van der Waals surface area contributed by atoms with E-state index in [-0.39, 0.29) is 18.3 Å². The monoisotopic (exact) mass is 203 g/mol. The second-order valence-corrected chi connectivity index (χ2v) is 2.62. The first kappa shape index (κ1) is 12.9. The molecule has 0 unspecified atom stereocenters. The molecule has 1 N–H and O–H groups in total. The molecule has 5 nitrogen and oxygen atoms in total. The third-order valence-electron chi connectivity index (χ3n) is 1.56. The van der Waals surface area contributed by atoms with E-state index in [1.807, 2.05) is 6.92 Å². The van der Waals surface area contributed by atoms with Crippen molar-refractivity contribution in [3.8, 4) is 0 Å². The smallest absolute Gasteiger partial charge is 0.307 e. The molecule has 0 aliphatic carbocycles. The van der Waals surface area contributed by atoms with Gasteiger partial charge in [-0.25, -0.2) is 0 Å². The van der Waals surface area contributed by atoms with Crippen LogP contribution in [-0.2, 0) is 19.1 Å². The fourth-order valence-electron chi connectivity index (χ4n) is 0.804. The summed E-state index contributed by atoms with van der Waals surface area (Å²) in [7, 11) is 1.32. The van der Waals surface area contributed by atoms with Crippen LogP contribution in [0, 0.1) is 0 Å². The van der Waals surface area contributed by atoms with Gasteiger partial charge in [0, 0.05) is 19.6 Å². The van der Waals surface area contributed by atoms with Crippen molar-refractivity contribution in [2.24, 2.45) is 0 Å². The summed E-state index contributed by atoms with van der Waals surface area (Å²) in [6.45, 7) is 3.21. The fraction of sp³-hybridized carbons (Fsp3) is 0.778. The minimum absolute atomic E-state index is 0.109. The van der Waals surface area contributed by atoms with Gasteiger partial charge in [0.1, 0.15) is 0 Å². The maximum Gasteiger partial charge on any atom is 0.307 e. The summed E-state index contributed by atoms with van der Waals surface area (Å²) >= 11 is 0. The Bertz CT molecular complexity index is 182. The minimum Gasteiger partial charge on any atom is -0.469 e. The summed E-state index contributed by atoms with van der Waals surface area (Å²) in [4.78, 5) is 21.7. The topological polar surface area (TPSA) is 64.6 Å². The molecule has 0 heterocycles. The molecule has 0 aliphatic heterocycles. The highest BCUT2D eigenvalue weighted by molar-refractivity contribution is 5.77. The molecule has 0 saturated carbocycles. The SMILES string of the molecule is CCOCCC(=O)NCCC(=O)OC. The molecule has 1 amide bonds. The maximum absolute atomic E-state index is 11.0. The van der Waals surface area contributed by atoms with Crippen LogP contribution in [0.1, 0.15) is 19.8 Å². The largest absolute Gasteiger partial charge is 0.469 e. The molecule has 0 aromatic carbocycles. The van der Waals surface area contributed by atoms with Gasteiger partial charge in [-0.1, -0.05) is 0 Å². The number of nitrogens with one attached hydrogen (secondary N) is 1. The van der Waals surface area contributed by atoms with E-state index in [1.165, 1.54) is 7.11 Å². The van der Waals surface area contributed by atoms with Crippen molar-refractivity contribution >= 4 is 11.9 Å². The summed E-state index contributed by atoms with van der Waals surface area (Å²) in [6.07, 6.45) is 0.534. The second-order valence-electron chi connectivity index (χ2n) is 2.62. The molecule has 0 aromatic rings. The third-order valence-corrected chi connectivity index (χ3v) is 1.56. The van der Waals surface area contributed by atoms with Crippen LogP contribution in [0.5, 0.6) is 0 Å². The summed E-state index contributed by atoms with van der Waals surface area (Å²) in [5.41, 5.74) is 0. The van der Waals surface area contributed by atoms with Crippen LogP contribution >= 0.6 is 0 Å². The summed E-state index contributed by atoms with van der Waals surface area (Å²) in [5.74, 6) is -0.433. The highest BCUT2D eigenvalue weighted by atomic mass is 16.5. The summed E-state index contributed by atoms with van der Waals surface area (Å²) < 4.78 is 9.42. The number of esters is 1. The summed E-state index contributed by atoms with van der Waals surface area (Å²) in [5, 5.41) is 2.59. The number of hydrogen-bond donors (Lipinski definition) is 1. The molecule has 0 bridgehead atoms. The first-order chi connectivity index (χ1) is 6.70. The normalized spacial score (nSPS) is 9.57. The van der Waals surface area contributed by atoms with Gasteiger partial charge in [0.15, 0.2) is 0 Å². The standard InChI is InChI=1S/C9H17NO4/c1-3-14-7-5-8(11)10-6-4-9(12)13-2/h3-7H2,1-2H3,(H,10,11). The Morgan fingerprint density at radius 2 is 2.00 bits per heavy atom. The van der Waals surface area contributed by atoms with Crippen molar-refractivity contribution < 1.29 is 19.1 Å². The highest BCUT2D eigenvalue weighted by Gasteiger charge is 2.03. The molecule has 0 rings (SSSR count). The van der Waals surface area contributed by atoms with Gasteiger partial charge in [0.25, 0.3) is 0 Å². The van der Waals surface area contributed by atoms with Crippen molar-refractivity contribution in [1.82, 2.24) is 5.32 Å². The van der Waals surface area contributed by atoms with Gasteiger partial charge in [-0.2, -0.15) is 0 Å². The van der Waals surface area contributed by atoms with Crippen molar-refractivity contribution in [2.75, 3.05) is 26.9 Å². The van der Waals surface area contributed by atoms with Crippen molar-refractivity contribution in [2.45, 2.75) is 19.8 Å². The van der Waals surface area contributed by atoms with Crippen molar-refractivity contribution in [3.63, 3.8) is 0 Å². The quantitative estimate of drug-likeness (QED) is 0.470. The second kappa shape index (κ2) is 8.50. The lowest BCUT2D eigenvalue weighted by Gasteiger charge is -2.04. The molecule has 14 heavy (non-hydrogen) atoms. The van der Waals surface area contributed by atoms with Crippen LogP contribution in [0.25, 0.3) is 0 Å². The van der Waals surface area contributed by atoms with Crippen LogP contribution in [0.2, 0.25) is 0 Å². The molecule has 0 atom stereocenters. The highest BCUT2D eigenvalue weighted by Crippen LogP contribution is 1.85. The number of carbonyl (C=O) groups is 2. The number of carbonyl (C=O) groups excluding carboxylic acids is 2. The maximum atomic E-state index is 11.0. The Balaban J connectivity index is 3.31. The van der Waals surface area contributed by atoms with E-state index in [0.29, 0.717) is 26.2 Å². The van der Waals surface area contributed by atoms with E-state index >= 15 is 0 Å². The summed E-state index contributed by atoms with van der Waals surface area (Å²) in [6, 6.07) is 0. The zero-order chi connectivity index (χ0) is 10.8. The molecule has 0 aromatic heterocycles. The number of methoxy groups -OCH3 is 1. The molecule has 0 radical (unpaired) electrons. The Morgan fingerprint density at radius 1 is 1.29 bits per heavy atom. The molecule has 0 aliphatic rings. The number of ether oxygens (including phenoxy) is 2. The van der Waals surface area contributed by atoms with Gasteiger partial charge in [0.05, 0.1) is 20.1 Å². The molecule has 82 valence electrons. The molecular formula is C9H17NO4. The van der Waals surface area contributed by atoms with E-state index in [9.17, 15) is 9.59 Å². The van der Waals surface area contributed by atoms with Gasteiger partial charge in [-0.05, 0) is 6.92 Å². The first-order valence-electron chi connectivity index (χ1n) is 4.62. The van der Waals surface area contributed by atoms with Crippen molar-refractivity contribution in [1.29, 1.82) is 0 Å². The van der Waals surface area contributed by atoms with E-state index in [1.54, 1.807) is 0 Å². The lowest BCUT2D eigenvalue weighted by atomic mass is 10.4. The predicted molar refractivity (Wildman–Crippen MR) is 50.8 cm³/mol. The van der Waals surface area contributed by atoms with E-state index in [4.69, 9.17) is 4.74 Å².